The number of nitrogens with one attached hydrogen (secondary N) is 1. The van der Waals surface area contributed by atoms with Gasteiger partial charge in [0, 0.05) is 25.5 Å². The Bertz CT molecular complexity index is 1080. The molecule has 0 atom stereocenters. The SMILES string of the molecule is CCCCCC(=O)OCCOCCOCCOCCOCCOCCOCCCNC(=O)OCC1c2ccccc2-c2ccccc21. The maximum Gasteiger partial charge on any atom is 0.407 e. The Kier molecular flexibility index (Phi) is 20.4. The summed E-state index contributed by atoms with van der Waals surface area (Å²) in [6.07, 6.45) is 3.75. The van der Waals surface area contributed by atoms with Crippen LogP contribution >= 0.6 is 0 Å². The van der Waals surface area contributed by atoms with Gasteiger partial charge in [0.05, 0.1) is 72.7 Å². The van der Waals surface area contributed by atoms with Gasteiger partial charge in [-0.1, -0.05) is 68.3 Å². The van der Waals surface area contributed by atoms with E-state index in [2.05, 4.69) is 36.5 Å². The van der Waals surface area contributed by atoms with Crippen LogP contribution in [-0.4, -0.2) is 111 Å². The van der Waals surface area contributed by atoms with E-state index in [0.29, 0.717) is 105 Å². The number of carbonyl (C=O) groups is 2. The topological polar surface area (TPSA) is 120 Å². The lowest BCUT2D eigenvalue weighted by molar-refractivity contribution is -0.145. The third kappa shape index (κ3) is 16.1. The van der Waals surface area contributed by atoms with Crippen molar-refractivity contribution in [2.45, 2.75) is 44.9 Å². The van der Waals surface area contributed by atoms with Crippen molar-refractivity contribution < 1.29 is 47.5 Å². The zero-order chi connectivity index (χ0) is 33.2. The van der Waals surface area contributed by atoms with E-state index in [1.807, 2.05) is 24.3 Å². The summed E-state index contributed by atoms with van der Waals surface area (Å²) in [5.74, 6) is -0.112. The number of unbranched alkanes of at least 4 members (excludes halogenated alkanes) is 2. The van der Waals surface area contributed by atoms with Crippen molar-refractivity contribution in [3.63, 3.8) is 0 Å². The van der Waals surface area contributed by atoms with Gasteiger partial charge in [-0.2, -0.15) is 0 Å². The van der Waals surface area contributed by atoms with E-state index < -0.39 is 6.09 Å². The van der Waals surface area contributed by atoms with Crippen molar-refractivity contribution in [3.05, 3.63) is 59.7 Å². The van der Waals surface area contributed by atoms with Crippen LogP contribution in [0.15, 0.2) is 48.5 Å². The molecule has 0 bridgehead atoms. The van der Waals surface area contributed by atoms with Crippen LogP contribution in [0.4, 0.5) is 4.79 Å². The molecule has 0 fully saturated rings. The highest BCUT2D eigenvalue weighted by atomic mass is 16.6. The molecule has 3 rings (SSSR count). The number of benzene rings is 2. The summed E-state index contributed by atoms with van der Waals surface area (Å²) in [4.78, 5) is 23.7. The van der Waals surface area contributed by atoms with Gasteiger partial charge in [0.25, 0.3) is 0 Å². The number of esters is 1. The summed E-state index contributed by atoms with van der Waals surface area (Å²) < 4.78 is 43.5. The lowest BCUT2D eigenvalue weighted by Gasteiger charge is -2.14. The average Bonchev–Trinajstić information content (AvgIpc) is 3.41. The third-order valence-corrected chi connectivity index (χ3v) is 7.41. The molecule has 1 aliphatic rings. The van der Waals surface area contributed by atoms with Gasteiger partial charge in [0.2, 0.25) is 0 Å². The molecule has 11 nitrogen and oxygen atoms in total. The van der Waals surface area contributed by atoms with E-state index in [9.17, 15) is 9.59 Å². The van der Waals surface area contributed by atoms with Crippen LogP contribution in [0.3, 0.4) is 0 Å². The molecule has 2 aromatic carbocycles. The summed E-state index contributed by atoms with van der Waals surface area (Å²) >= 11 is 0. The number of hydrogen-bond acceptors (Lipinski definition) is 10. The number of fused-ring (bicyclic) bond motifs is 3. The van der Waals surface area contributed by atoms with E-state index >= 15 is 0 Å². The molecule has 0 saturated heterocycles. The highest BCUT2D eigenvalue weighted by molar-refractivity contribution is 5.79. The summed E-state index contributed by atoms with van der Waals surface area (Å²) in [6.45, 7) is 8.80. The molecule has 11 heteroatoms. The van der Waals surface area contributed by atoms with Crippen LogP contribution in [0, 0.1) is 0 Å². The molecule has 47 heavy (non-hydrogen) atoms. The molecule has 0 radical (unpaired) electrons. The molecular weight excluding hydrogens is 606 g/mol. The van der Waals surface area contributed by atoms with E-state index in [0.717, 1.165) is 19.3 Å². The number of alkyl carbamates (subject to hydrolysis) is 1. The van der Waals surface area contributed by atoms with Gasteiger partial charge in [-0.05, 0) is 35.1 Å². The predicted octanol–water partition coefficient (Wildman–Crippen LogP) is 5.14. The third-order valence-electron chi connectivity index (χ3n) is 7.41. The second-order valence-corrected chi connectivity index (χ2v) is 11.0. The van der Waals surface area contributed by atoms with Crippen LogP contribution in [0.2, 0.25) is 0 Å². The normalized spacial score (nSPS) is 12.1. The van der Waals surface area contributed by atoms with Gasteiger partial charge >= 0.3 is 12.1 Å². The monoisotopic (exact) mass is 659 g/mol. The molecule has 0 spiro atoms. The Labute approximate surface area is 279 Å². The summed E-state index contributed by atoms with van der Waals surface area (Å²) in [6, 6.07) is 16.6. The highest BCUT2D eigenvalue weighted by Gasteiger charge is 2.28. The summed E-state index contributed by atoms with van der Waals surface area (Å²) in [5, 5.41) is 2.80. The van der Waals surface area contributed by atoms with Crippen molar-refractivity contribution in [1.82, 2.24) is 5.32 Å². The zero-order valence-corrected chi connectivity index (χ0v) is 27.9. The summed E-state index contributed by atoms with van der Waals surface area (Å²) in [5.41, 5.74) is 4.81. The number of hydrogen-bond donors (Lipinski definition) is 1. The Morgan fingerprint density at radius 1 is 0.574 bits per heavy atom. The number of ether oxygens (including phenoxy) is 8. The quantitative estimate of drug-likeness (QED) is 0.0972. The maximum absolute atomic E-state index is 12.2. The van der Waals surface area contributed by atoms with Crippen LogP contribution in [-0.2, 0) is 42.7 Å². The van der Waals surface area contributed by atoms with Gasteiger partial charge in [-0.3, -0.25) is 4.79 Å². The van der Waals surface area contributed by atoms with Crippen LogP contribution in [0.5, 0.6) is 0 Å². The molecule has 1 aliphatic carbocycles. The lowest BCUT2D eigenvalue weighted by atomic mass is 9.98. The smallest absolute Gasteiger partial charge is 0.407 e. The molecule has 0 aromatic heterocycles. The van der Waals surface area contributed by atoms with Crippen LogP contribution in [0.1, 0.15) is 56.1 Å². The average molecular weight is 660 g/mol. The van der Waals surface area contributed by atoms with Gasteiger partial charge in [-0.15, -0.1) is 0 Å². The second-order valence-electron chi connectivity index (χ2n) is 11.0. The minimum atomic E-state index is -0.416. The largest absolute Gasteiger partial charge is 0.463 e. The molecule has 0 saturated carbocycles. The zero-order valence-electron chi connectivity index (χ0n) is 27.9. The van der Waals surface area contributed by atoms with Crippen molar-refractivity contribution in [3.8, 4) is 11.1 Å². The Morgan fingerprint density at radius 3 is 1.55 bits per heavy atom. The van der Waals surface area contributed by atoms with Gasteiger partial charge in [0.1, 0.15) is 13.2 Å². The van der Waals surface area contributed by atoms with Gasteiger partial charge < -0.3 is 43.2 Å². The first-order valence-electron chi connectivity index (χ1n) is 16.9. The Balaban J connectivity index is 1.01. The van der Waals surface area contributed by atoms with Crippen LogP contribution < -0.4 is 5.32 Å². The fourth-order valence-electron chi connectivity index (χ4n) is 5.02. The molecule has 0 unspecified atom stereocenters. The van der Waals surface area contributed by atoms with Crippen LogP contribution in [0.25, 0.3) is 11.1 Å². The number of rotatable bonds is 28. The highest BCUT2D eigenvalue weighted by Crippen LogP contribution is 2.44. The van der Waals surface area contributed by atoms with Gasteiger partial charge in [0.15, 0.2) is 0 Å². The van der Waals surface area contributed by atoms with Crippen molar-refractivity contribution in [2.24, 2.45) is 0 Å². The van der Waals surface area contributed by atoms with E-state index in [-0.39, 0.29) is 18.5 Å². The molecule has 2 aromatic rings. The van der Waals surface area contributed by atoms with Crippen molar-refractivity contribution in [1.29, 1.82) is 0 Å². The fraction of sp³-hybridized carbons (Fsp3) is 0.611. The van der Waals surface area contributed by atoms with E-state index in [1.54, 1.807) is 0 Å². The first kappa shape index (κ1) is 38.4. The molecule has 262 valence electrons. The van der Waals surface area contributed by atoms with Crippen molar-refractivity contribution in [2.75, 3.05) is 99.0 Å². The number of carbonyl (C=O) groups excluding carboxylic acids is 2. The molecular formula is C36H53NO10. The number of amides is 1. The summed E-state index contributed by atoms with van der Waals surface area (Å²) in [7, 11) is 0. The lowest BCUT2D eigenvalue weighted by Crippen LogP contribution is -2.27. The van der Waals surface area contributed by atoms with E-state index in [4.69, 9.17) is 37.9 Å². The molecule has 1 amide bonds. The van der Waals surface area contributed by atoms with E-state index in [1.165, 1.54) is 22.3 Å². The Morgan fingerprint density at radius 2 is 1.04 bits per heavy atom. The maximum atomic E-state index is 12.2. The standard InChI is InChI=1S/C36H53NO10/c1-2-3-4-14-35(38)46-28-27-45-26-25-44-24-23-43-22-21-42-20-19-41-18-17-40-16-9-15-37-36(39)47-29-34-32-12-7-5-10-30(32)31-11-6-8-13-33(31)34/h5-8,10-13,34H,2-4,9,14-29H2,1H3,(H,37,39). The molecule has 0 aliphatic heterocycles. The fourth-order valence-corrected chi connectivity index (χ4v) is 5.02. The minimum Gasteiger partial charge on any atom is -0.463 e. The van der Waals surface area contributed by atoms with Gasteiger partial charge in [-0.25, -0.2) is 4.79 Å². The second kappa shape index (κ2) is 25.0. The molecule has 1 N–H and O–H groups in total. The Hall–Kier alpha value is -3.06. The minimum absolute atomic E-state index is 0.0508. The first-order chi connectivity index (χ1) is 23.2. The van der Waals surface area contributed by atoms with Crippen molar-refractivity contribution >= 4 is 12.1 Å². The first-order valence-corrected chi connectivity index (χ1v) is 16.9. The molecule has 0 heterocycles. The predicted molar refractivity (Wildman–Crippen MR) is 178 cm³/mol.